The van der Waals surface area contributed by atoms with E-state index in [9.17, 15) is 4.79 Å². The summed E-state index contributed by atoms with van der Waals surface area (Å²) in [6.45, 7) is 6.41. The summed E-state index contributed by atoms with van der Waals surface area (Å²) in [6.07, 6.45) is 1.58. The van der Waals surface area contributed by atoms with Crippen molar-refractivity contribution in [3.63, 3.8) is 0 Å². The fraction of sp³-hybridized carbons (Fsp3) is 0.312. The Kier molecular flexibility index (Phi) is 4.52. The summed E-state index contributed by atoms with van der Waals surface area (Å²) >= 11 is 0. The Morgan fingerprint density at radius 2 is 1.86 bits per heavy atom. The molecule has 1 amide bonds. The number of anilines is 1. The third-order valence-corrected chi connectivity index (χ3v) is 2.67. The first-order valence-electron chi connectivity index (χ1n) is 6.87. The number of carbonyl (C=O) groups excluding carboxylic acids is 1. The van der Waals surface area contributed by atoms with Crippen molar-refractivity contribution in [2.75, 3.05) is 5.32 Å². The van der Waals surface area contributed by atoms with E-state index in [1.807, 2.05) is 51.1 Å². The van der Waals surface area contributed by atoms with Gasteiger partial charge in [-0.15, -0.1) is 0 Å². The third kappa shape index (κ3) is 4.87. The van der Waals surface area contributed by atoms with Crippen LogP contribution in [0.25, 0.3) is 0 Å². The predicted octanol–water partition coefficient (Wildman–Crippen LogP) is 2.62. The number of amides is 1. The summed E-state index contributed by atoms with van der Waals surface area (Å²) in [7, 11) is 0. The van der Waals surface area contributed by atoms with Crippen molar-refractivity contribution in [3.05, 3.63) is 53.9 Å². The first-order valence-corrected chi connectivity index (χ1v) is 6.87. The highest BCUT2D eigenvalue weighted by molar-refractivity contribution is 5.92. The molecule has 2 rings (SSSR count). The molecule has 5 nitrogen and oxygen atoms in total. The topological polar surface area (TPSA) is 66.9 Å². The fourth-order valence-corrected chi connectivity index (χ4v) is 1.75. The molecule has 0 fully saturated rings. The number of hydrogen-bond acceptors (Lipinski definition) is 4. The molecule has 21 heavy (non-hydrogen) atoms. The smallest absolute Gasteiger partial charge is 0.270 e. The van der Waals surface area contributed by atoms with Crippen LogP contribution >= 0.6 is 0 Å². The lowest BCUT2D eigenvalue weighted by Crippen LogP contribution is -2.41. The summed E-state index contributed by atoms with van der Waals surface area (Å²) in [6, 6.07) is 11.6. The zero-order chi connectivity index (χ0) is 15.3. The molecule has 110 valence electrons. The van der Waals surface area contributed by atoms with Gasteiger partial charge in [0.25, 0.3) is 5.91 Å². The number of aromatic nitrogens is 2. The van der Waals surface area contributed by atoms with E-state index < -0.39 is 0 Å². The van der Waals surface area contributed by atoms with Gasteiger partial charge in [-0.1, -0.05) is 30.3 Å². The van der Waals surface area contributed by atoms with E-state index in [1.54, 1.807) is 12.3 Å². The molecule has 0 spiro atoms. The first kappa shape index (κ1) is 15.0. The van der Waals surface area contributed by atoms with E-state index in [0.717, 1.165) is 5.56 Å². The molecule has 5 heteroatoms. The minimum absolute atomic E-state index is 0.201. The van der Waals surface area contributed by atoms with Gasteiger partial charge in [-0.2, -0.15) is 0 Å². The number of nitrogens with zero attached hydrogens (tertiary/aromatic N) is 2. The van der Waals surface area contributed by atoms with Crippen molar-refractivity contribution in [1.82, 2.24) is 15.3 Å². The summed E-state index contributed by atoms with van der Waals surface area (Å²) in [5.41, 5.74) is 1.20. The van der Waals surface area contributed by atoms with Gasteiger partial charge in [-0.3, -0.25) is 4.79 Å². The highest BCUT2D eigenvalue weighted by Crippen LogP contribution is 2.06. The maximum atomic E-state index is 12.1. The lowest BCUT2D eigenvalue weighted by atomic mass is 10.1. The Morgan fingerprint density at radius 3 is 2.52 bits per heavy atom. The minimum Gasteiger partial charge on any atom is -0.350 e. The van der Waals surface area contributed by atoms with Gasteiger partial charge in [-0.25, -0.2) is 9.97 Å². The molecule has 0 saturated heterocycles. The van der Waals surface area contributed by atoms with E-state index in [1.165, 1.54) is 0 Å². The van der Waals surface area contributed by atoms with Crippen LogP contribution in [-0.4, -0.2) is 21.4 Å². The fourth-order valence-electron chi connectivity index (χ4n) is 1.75. The minimum atomic E-state index is -0.292. The van der Waals surface area contributed by atoms with E-state index in [4.69, 9.17) is 0 Å². The van der Waals surface area contributed by atoms with Crippen molar-refractivity contribution in [1.29, 1.82) is 0 Å². The Balaban J connectivity index is 2.02. The van der Waals surface area contributed by atoms with Crippen molar-refractivity contribution < 1.29 is 4.79 Å². The standard InChI is InChI=1S/C16H20N4O/c1-16(2,3)20-14(21)13-9-10-17-15(19-13)18-11-12-7-5-4-6-8-12/h4-10H,11H2,1-3H3,(H,20,21)(H,17,18,19). The van der Waals surface area contributed by atoms with E-state index in [-0.39, 0.29) is 11.4 Å². The van der Waals surface area contributed by atoms with Crippen LogP contribution in [0.5, 0.6) is 0 Å². The summed E-state index contributed by atoms with van der Waals surface area (Å²) < 4.78 is 0. The van der Waals surface area contributed by atoms with Crippen LogP contribution in [0, 0.1) is 0 Å². The number of carbonyl (C=O) groups is 1. The molecule has 1 heterocycles. The number of nitrogens with one attached hydrogen (secondary N) is 2. The van der Waals surface area contributed by atoms with E-state index in [0.29, 0.717) is 18.2 Å². The Labute approximate surface area is 124 Å². The first-order chi connectivity index (χ1) is 9.94. The third-order valence-electron chi connectivity index (χ3n) is 2.67. The average Bonchev–Trinajstić information content (AvgIpc) is 2.45. The van der Waals surface area contributed by atoms with Gasteiger partial charge < -0.3 is 10.6 Å². The summed E-state index contributed by atoms with van der Waals surface area (Å²) in [5, 5.41) is 6.00. The second-order valence-corrected chi connectivity index (χ2v) is 5.81. The normalized spacial score (nSPS) is 11.0. The molecule has 0 radical (unpaired) electrons. The Hall–Kier alpha value is -2.43. The zero-order valence-electron chi connectivity index (χ0n) is 12.6. The van der Waals surface area contributed by atoms with E-state index in [2.05, 4.69) is 20.6 Å². The van der Waals surface area contributed by atoms with Crippen LogP contribution in [0.2, 0.25) is 0 Å². The van der Waals surface area contributed by atoms with Crippen molar-refractivity contribution >= 4 is 11.9 Å². The van der Waals surface area contributed by atoms with Crippen molar-refractivity contribution in [3.8, 4) is 0 Å². The van der Waals surface area contributed by atoms with Gasteiger partial charge in [-0.05, 0) is 32.4 Å². The molecule has 0 atom stereocenters. The zero-order valence-corrected chi connectivity index (χ0v) is 12.6. The maximum Gasteiger partial charge on any atom is 0.270 e. The van der Waals surface area contributed by atoms with Gasteiger partial charge in [0.2, 0.25) is 5.95 Å². The molecular weight excluding hydrogens is 264 g/mol. The molecule has 0 unspecified atom stereocenters. The molecule has 2 N–H and O–H groups in total. The number of rotatable bonds is 4. The molecule has 0 aliphatic carbocycles. The highest BCUT2D eigenvalue weighted by Gasteiger charge is 2.16. The van der Waals surface area contributed by atoms with Gasteiger partial charge in [0.1, 0.15) is 5.69 Å². The van der Waals surface area contributed by atoms with Gasteiger partial charge in [0.15, 0.2) is 0 Å². The summed E-state index contributed by atoms with van der Waals surface area (Å²) in [4.78, 5) is 20.4. The molecular formula is C16H20N4O. The van der Waals surface area contributed by atoms with Crippen LogP contribution in [-0.2, 0) is 6.54 Å². The Bertz CT molecular complexity index is 605. The van der Waals surface area contributed by atoms with Crippen LogP contribution in [0.1, 0.15) is 36.8 Å². The van der Waals surface area contributed by atoms with Gasteiger partial charge >= 0.3 is 0 Å². The second kappa shape index (κ2) is 6.35. The number of hydrogen-bond donors (Lipinski definition) is 2. The largest absolute Gasteiger partial charge is 0.350 e. The monoisotopic (exact) mass is 284 g/mol. The van der Waals surface area contributed by atoms with E-state index >= 15 is 0 Å². The molecule has 0 aliphatic rings. The maximum absolute atomic E-state index is 12.1. The van der Waals surface area contributed by atoms with Crippen LogP contribution in [0.3, 0.4) is 0 Å². The second-order valence-electron chi connectivity index (χ2n) is 5.81. The highest BCUT2D eigenvalue weighted by atomic mass is 16.2. The van der Waals surface area contributed by atoms with Crippen LogP contribution < -0.4 is 10.6 Å². The molecule has 1 aromatic carbocycles. The quantitative estimate of drug-likeness (QED) is 0.905. The molecule has 0 bridgehead atoms. The van der Waals surface area contributed by atoms with Crippen LogP contribution in [0.4, 0.5) is 5.95 Å². The Morgan fingerprint density at radius 1 is 1.14 bits per heavy atom. The van der Waals surface area contributed by atoms with Gasteiger partial charge in [0.05, 0.1) is 0 Å². The van der Waals surface area contributed by atoms with Gasteiger partial charge in [0, 0.05) is 18.3 Å². The lowest BCUT2D eigenvalue weighted by Gasteiger charge is -2.20. The van der Waals surface area contributed by atoms with Crippen LogP contribution in [0.15, 0.2) is 42.6 Å². The van der Waals surface area contributed by atoms with Crippen molar-refractivity contribution in [2.24, 2.45) is 0 Å². The molecule has 0 aliphatic heterocycles. The predicted molar refractivity (Wildman–Crippen MR) is 83.0 cm³/mol. The number of benzene rings is 1. The molecule has 2 aromatic rings. The SMILES string of the molecule is CC(C)(C)NC(=O)c1ccnc(NCc2ccccc2)n1. The molecule has 0 saturated carbocycles. The lowest BCUT2D eigenvalue weighted by molar-refractivity contribution is 0.0914. The average molecular weight is 284 g/mol. The molecule has 1 aromatic heterocycles. The van der Waals surface area contributed by atoms with Crippen molar-refractivity contribution in [2.45, 2.75) is 32.9 Å². The summed E-state index contributed by atoms with van der Waals surface area (Å²) in [5.74, 6) is 0.244.